The molecule has 0 aliphatic carbocycles. The Balaban J connectivity index is 2.61. The highest BCUT2D eigenvalue weighted by Gasteiger charge is 2.18. The van der Waals surface area contributed by atoms with E-state index < -0.39 is 5.91 Å². The summed E-state index contributed by atoms with van der Waals surface area (Å²) in [5.41, 5.74) is 14.6. The third kappa shape index (κ3) is 2.40. The molecule has 104 valence electrons. The third-order valence-corrected chi connectivity index (χ3v) is 3.09. The van der Waals surface area contributed by atoms with Gasteiger partial charge in [-0.3, -0.25) is 9.59 Å². The fraction of sp³-hybridized carbons (Fsp3) is 0.214. The van der Waals surface area contributed by atoms with Crippen LogP contribution in [-0.4, -0.2) is 22.0 Å². The van der Waals surface area contributed by atoms with Crippen LogP contribution in [0.25, 0.3) is 11.3 Å². The van der Waals surface area contributed by atoms with Crippen molar-refractivity contribution in [1.29, 1.82) is 0 Å². The molecule has 0 atom stereocenters. The largest absolute Gasteiger partial charge is 0.383 e. The average Bonchev–Trinajstić information content (AvgIpc) is 2.65. The molecule has 1 aromatic carbocycles. The normalized spacial score (nSPS) is 10.5. The number of rotatable bonds is 4. The zero-order valence-electron chi connectivity index (χ0n) is 11.4. The van der Waals surface area contributed by atoms with E-state index in [-0.39, 0.29) is 17.9 Å². The van der Waals surface area contributed by atoms with E-state index in [0.29, 0.717) is 12.0 Å². The number of hydrogen-bond acceptors (Lipinski definition) is 4. The van der Waals surface area contributed by atoms with Gasteiger partial charge < -0.3 is 11.5 Å². The number of carbonyl (C=O) groups excluding carboxylic acids is 2. The average molecular weight is 272 g/mol. The Labute approximate surface area is 116 Å². The third-order valence-electron chi connectivity index (χ3n) is 3.09. The molecule has 0 saturated carbocycles. The monoisotopic (exact) mass is 272 g/mol. The van der Waals surface area contributed by atoms with Crippen molar-refractivity contribution in [2.24, 2.45) is 5.73 Å². The second kappa shape index (κ2) is 5.16. The predicted octanol–water partition coefficient (Wildman–Crippen LogP) is 1.05. The molecule has 0 fully saturated rings. The van der Waals surface area contributed by atoms with E-state index in [2.05, 4.69) is 5.10 Å². The summed E-state index contributed by atoms with van der Waals surface area (Å²) in [6, 6.07) is 5.81. The van der Waals surface area contributed by atoms with Crippen LogP contribution >= 0.6 is 0 Å². The molecule has 0 spiro atoms. The standard InChI is InChI=1S/C14H16N4O2/c1-8-3-4-10(9(2)5-8)13-11(7-19)14(16)18(17-13)6-12(15)20/h3-5,7H,6,16H2,1-2H3,(H2,15,20). The van der Waals surface area contributed by atoms with E-state index >= 15 is 0 Å². The van der Waals surface area contributed by atoms with Crippen LogP contribution in [0.2, 0.25) is 0 Å². The van der Waals surface area contributed by atoms with Gasteiger partial charge in [-0.05, 0) is 19.4 Å². The minimum Gasteiger partial charge on any atom is -0.383 e. The van der Waals surface area contributed by atoms with Crippen molar-refractivity contribution in [3.8, 4) is 11.3 Å². The van der Waals surface area contributed by atoms with Gasteiger partial charge in [0, 0.05) is 5.56 Å². The van der Waals surface area contributed by atoms with E-state index in [0.717, 1.165) is 16.7 Å². The van der Waals surface area contributed by atoms with Gasteiger partial charge in [-0.25, -0.2) is 4.68 Å². The van der Waals surface area contributed by atoms with Crippen LogP contribution in [0, 0.1) is 13.8 Å². The Kier molecular flexibility index (Phi) is 3.56. The number of nitrogens with two attached hydrogens (primary N) is 2. The van der Waals surface area contributed by atoms with Crippen LogP contribution < -0.4 is 11.5 Å². The van der Waals surface area contributed by atoms with Crippen LogP contribution in [0.4, 0.5) is 5.82 Å². The van der Waals surface area contributed by atoms with Crippen LogP contribution in [0.5, 0.6) is 0 Å². The van der Waals surface area contributed by atoms with Gasteiger partial charge in [0.25, 0.3) is 0 Å². The molecule has 1 heterocycles. The Morgan fingerprint density at radius 1 is 1.40 bits per heavy atom. The van der Waals surface area contributed by atoms with Gasteiger partial charge in [-0.15, -0.1) is 0 Å². The summed E-state index contributed by atoms with van der Waals surface area (Å²) in [6.45, 7) is 3.76. The number of carbonyl (C=O) groups is 2. The van der Waals surface area contributed by atoms with Crippen molar-refractivity contribution < 1.29 is 9.59 Å². The summed E-state index contributed by atoms with van der Waals surface area (Å²) in [5, 5.41) is 4.24. The number of primary amides is 1. The highest BCUT2D eigenvalue weighted by Crippen LogP contribution is 2.28. The van der Waals surface area contributed by atoms with Crippen LogP contribution in [-0.2, 0) is 11.3 Å². The number of aromatic nitrogens is 2. The predicted molar refractivity (Wildman–Crippen MR) is 76.1 cm³/mol. The number of benzene rings is 1. The molecule has 0 saturated heterocycles. The summed E-state index contributed by atoms with van der Waals surface area (Å²) in [5.74, 6) is -0.419. The summed E-state index contributed by atoms with van der Waals surface area (Å²) >= 11 is 0. The first kappa shape index (κ1) is 13.8. The quantitative estimate of drug-likeness (QED) is 0.811. The Morgan fingerprint density at radius 2 is 2.10 bits per heavy atom. The molecule has 4 N–H and O–H groups in total. The van der Waals surface area contributed by atoms with Gasteiger partial charge >= 0.3 is 0 Å². The maximum atomic E-state index is 11.2. The van der Waals surface area contributed by atoms with E-state index in [4.69, 9.17) is 11.5 Å². The van der Waals surface area contributed by atoms with Gasteiger partial charge in [-0.1, -0.05) is 23.8 Å². The molecular weight excluding hydrogens is 256 g/mol. The summed E-state index contributed by atoms with van der Waals surface area (Å²) in [4.78, 5) is 22.2. The maximum Gasteiger partial charge on any atom is 0.239 e. The number of aryl methyl sites for hydroxylation is 2. The van der Waals surface area contributed by atoms with Crippen molar-refractivity contribution >= 4 is 18.0 Å². The van der Waals surface area contributed by atoms with Crippen molar-refractivity contribution in [2.75, 3.05) is 5.73 Å². The Hall–Kier alpha value is -2.63. The number of anilines is 1. The van der Waals surface area contributed by atoms with Gasteiger partial charge in [0.2, 0.25) is 5.91 Å². The fourth-order valence-corrected chi connectivity index (χ4v) is 2.15. The minimum atomic E-state index is -0.566. The highest BCUT2D eigenvalue weighted by atomic mass is 16.1. The molecule has 0 aliphatic rings. The maximum absolute atomic E-state index is 11.2. The second-order valence-electron chi connectivity index (χ2n) is 4.71. The molecule has 1 aromatic heterocycles. The lowest BCUT2D eigenvalue weighted by Crippen LogP contribution is -2.20. The second-order valence-corrected chi connectivity index (χ2v) is 4.71. The van der Waals surface area contributed by atoms with Crippen molar-refractivity contribution in [3.05, 3.63) is 34.9 Å². The zero-order valence-corrected chi connectivity index (χ0v) is 11.4. The molecule has 0 unspecified atom stereocenters. The molecule has 0 bridgehead atoms. The number of amides is 1. The first-order valence-electron chi connectivity index (χ1n) is 6.11. The zero-order chi connectivity index (χ0) is 14.9. The fourth-order valence-electron chi connectivity index (χ4n) is 2.15. The lowest BCUT2D eigenvalue weighted by atomic mass is 10.0. The number of nitrogens with zero attached hydrogens (tertiary/aromatic N) is 2. The van der Waals surface area contributed by atoms with Crippen LogP contribution in [0.3, 0.4) is 0 Å². The van der Waals surface area contributed by atoms with Crippen molar-refractivity contribution in [1.82, 2.24) is 9.78 Å². The molecule has 1 amide bonds. The molecule has 6 nitrogen and oxygen atoms in total. The van der Waals surface area contributed by atoms with E-state index in [1.807, 2.05) is 32.0 Å². The Bertz CT molecular complexity index is 689. The van der Waals surface area contributed by atoms with Gasteiger partial charge in [0.15, 0.2) is 6.29 Å². The summed E-state index contributed by atoms with van der Waals surface area (Å²) < 4.78 is 1.25. The topological polar surface area (TPSA) is 104 Å². The van der Waals surface area contributed by atoms with E-state index in [1.54, 1.807) is 0 Å². The SMILES string of the molecule is Cc1ccc(-c2nn(CC(N)=O)c(N)c2C=O)c(C)c1. The van der Waals surface area contributed by atoms with Crippen LogP contribution in [0.1, 0.15) is 21.5 Å². The lowest BCUT2D eigenvalue weighted by Gasteiger charge is -2.04. The molecule has 2 rings (SSSR count). The molecule has 0 radical (unpaired) electrons. The number of aldehydes is 1. The summed E-state index contributed by atoms with van der Waals surface area (Å²) in [7, 11) is 0. The molecular formula is C14H16N4O2. The number of hydrogen-bond donors (Lipinski definition) is 2. The molecule has 6 heteroatoms. The van der Waals surface area contributed by atoms with E-state index in [9.17, 15) is 9.59 Å². The smallest absolute Gasteiger partial charge is 0.239 e. The van der Waals surface area contributed by atoms with Crippen LogP contribution in [0.15, 0.2) is 18.2 Å². The highest BCUT2D eigenvalue weighted by molar-refractivity contribution is 5.92. The van der Waals surface area contributed by atoms with Crippen molar-refractivity contribution in [2.45, 2.75) is 20.4 Å². The van der Waals surface area contributed by atoms with Gasteiger partial charge in [0.1, 0.15) is 18.1 Å². The molecule has 2 aromatic rings. The number of nitrogen functional groups attached to an aromatic ring is 1. The molecule has 20 heavy (non-hydrogen) atoms. The van der Waals surface area contributed by atoms with Gasteiger partial charge in [-0.2, -0.15) is 5.10 Å². The van der Waals surface area contributed by atoms with E-state index in [1.165, 1.54) is 4.68 Å². The molecule has 0 aliphatic heterocycles. The first-order chi connectivity index (χ1) is 9.43. The summed E-state index contributed by atoms with van der Waals surface area (Å²) in [6.07, 6.45) is 0.647. The minimum absolute atomic E-state index is 0.147. The van der Waals surface area contributed by atoms with Gasteiger partial charge in [0.05, 0.1) is 5.56 Å². The van der Waals surface area contributed by atoms with Crippen molar-refractivity contribution in [3.63, 3.8) is 0 Å². The Morgan fingerprint density at radius 3 is 2.65 bits per heavy atom. The first-order valence-corrected chi connectivity index (χ1v) is 6.11. The lowest BCUT2D eigenvalue weighted by molar-refractivity contribution is -0.118.